The van der Waals surface area contributed by atoms with Gasteiger partial charge in [0.1, 0.15) is 0 Å². The minimum atomic E-state index is 0.896. The molecule has 0 aliphatic carbocycles. The zero-order valence-corrected chi connectivity index (χ0v) is 7.97. The lowest BCUT2D eigenvalue weighted by Gasteiger charge is -2.28. The molecule has 0 radical (unpaired) electrons. The molecule has 1 atom stereocenters. The van der Waals surface area contributed by atoms with E-state index >= 15 is 0 Å². The Hall–Kier alpha value is -0.0400. The third kappa shape index (κ3) is 3.24. The first kappa shape index (κ1) is 9.05. The van der Waals surface area contributed by atoms with Gasteiger partial charge >= 0.3 is 0 Å². The van der Waals surface area contributed by atoms with E-state index in [1.165, 1.54) is 45.3 Å². The van der Waals surface area contributed by atoms with Crippen LogP contribution in [0.15, 0.2) is 0 Å². The van der Waals surface area contributed by atoms with Crippen LogP contribution in [-0.2, 0) is 0 Å². The van der Waals surface area contributed by atoms with E-state index in [4.69, 9.17) is 0 Å². The minimum absolute atomic E-state index is 0.896. The molecule has 0 aromatic carbocycles. The van der Waals surface area contributed by atoms with E-state index in [1.54, 1.807) is 0 Å². The Bertz CT molecular complexity index is 95.0. The van der Waals surface area contributed by atoms with E-state index in [2.05, 4.69) is 18.7 Å². The first-order valence-electron chi connectivity index (χ1n) is 5.05. The highest BCUT2D eigenvalue weighted by atomic mass is 15.1. The van der Waals surface area contributed by atoms with Crippen LogP contribution in [0, 0.1) is 5.92 Å². The van der Waals surface area contributed by atoms with Crippen molar-refractivity contribution in [2.45, 2.75) is 39.5 Å². The molecule has 66 valence electrons. The lowest BCUT2D eigenvalue weighted by molar-refractivity contribution is 0.199. The minimum Gasteiger partial charge on any atom is -0.303 e. The summed E-state index contributed by atoms with van der Waals surface area (Å²) >= 11 is 0. The Balaban J connectivity index is 2.13. The number of hydrogen-bond donors (Lipinski definition) is 0. The van der Waals surface area contributed by atoms with Crippen LogP contribution in [0.25, 0.3) is 0 Å². The Morgan fingerprint density at radius 1 is 1.18 bits per heavy atom. The van der Waals surface area contributed by atoms with Crippen LogP contribution in [0.4, 0.5) is 0 Å². The van der Waals surface area contributed by atoms with Crippen molar-refractivity contribution in [3.8, 4) is 0 Å². The summed E-state index contributed by atoms with van der Waals surface area (Å²) in [5.74, 6) is 0.896. The summed E-state index contributed by atoms with van der Waals surface area (Å²) in [7, 11) is 0. The number of hydrogen-bond acceptors (Lipinski definition) is 1. The van der Waals surface area contributed by atoms with Gasteiger partial charge in [-0.2, -0.15) is 0 Å². The van der Waals surface area contributed by atoms with Crippen molar-refractivity contribution in [2.75, 3.05) is 19.6 Å². The summed E-state index contributed by atoms with van der Waals surface area (Å²) in [6.07, 6.45) is 5.64. The molecule has 1 aliphatic heterocycles. The summed E-state index contributed by atoms with van der Waals surface area (Å²) < 4.78 is 0. The Morgan fingerprint density at radius 3 is 2.36 bits per heavy atom. The number of nitrogens with zero attached hydrogens (tertiary/aromatic N) is 1. The van der Waals surface area contributed by atoms with Crippen LogP contribution in [-0.4, -0.2) is 24.5 Å². The maximum absolute atomic E-state index is 2.62. The van der Waals surface area contributed by atoms with E-state index < -0.39 is 0 Å². The van der Waals surface area contributed by atoms with Gasteiger partial charge in [0.15, 0.2) is 0 Å². The van der Waals surface area contributed by atoms with E-state index in [0.29, 0.717) is 0 Å². The van der Waals surface area contributed by atoms with Gasteiger partial charge in [0.05, 0.1) is 0 Å². The summed E-state index contributed by atoms with van der Waals surface area (Å²) in [4.78, 5) is 2.62. The van der Waals surface area contributed by atoms with E-state index in [9.17, 15) is 0 Å². The summed E-state index contributed by atoms with van der Waals surface area (Å²) in [5, 5.41) is 0. The lowest BCUT2D eigenvalue weighted by Crippen LogP contribution is -2.33. The van der Waals surface area contributed by atoms with Crippen LogP contribution in [0.3, 0.4) is 0 Å². The second-order valence-electron chi connectivity index (χ2n) is 3.87. The fraction of sp³-hybridized carbons (Fsp3) is 1.00. The maximum Gasteiger partial charge on any atom is 0.000692 e. The van der Waals surface area contributed by atoms with Gasteiger partial charge in [0, 0.05) is 6.54 Å². The number of piperidine rings is 1. The molecule has 0 aromatic heterocycles. The van der Waals surface area contributed by atoms with Crippen LogP contribution < -0.4 is 0 Å². The highest BCUT2D eigenvalue weighted by Gasteiger charge is 2.11. The maximum atomic E-state index is 2.62. The summed E-state index contributed by atoms with van der Waals surface area (Å²) in [5.41, 5.74) is 0. The zero-order chi connectivity index (χ0) is 8.10. The predicted octanol–water partition coefficient (Wildman–Crippen LogP) is 2.52. The Labute approximate surface area is 70.8 Å². The van der Waals surface area contributed by atoms with Gasteiger partial charge in [0.2, 0.25) is 0 Å². The average molecular weight is 155 g/mol. The van der Waals surface area contributed by atoms with Crippen LogP contribution in [0.2, 0.25) is 0 Å². The summed E-state index contributed by atoms with van der Waals surface area (Å²) in [6, 6.07) is 0. The van der Waals surface area contributed by atoms with Gasteiger partial charge in [-0.25, -0.2) is 0 Å². The highest BCUT2D eigenvalue weighted by Crippen LogP contribution is 2.11. The van der Waals surface area contributed by atoms with E-state index in [-0.39, 0.29) is 0 Å². The standard InChI is InChI=1S/C10H21N/c1-3-10(2)9-11-7-5-4-6-8-11/h10H,3-9H2,1-2H3/t10-/m0/s1. The quantitative estimate of drug-likeness (QED) is 0.605. The summed E-state index contributed by atoms with van der Waals surface area (Å²) in [6.45, 7) is 8.67. The number of likely N-dealkylation sites (tertiary alicyclic amines) is 1. The smallest absolute Gasteiger partial charge is 0.000692 e. The fourth-order valence-corrected chi connectivity index (χ4v) is 1.71. The normalized spacial score (nSPS) is 23.5. The van der Waals surface area contributed by atoms with Gasteiger partial charge in [-0.3, -0.25) is 0 Å². The fourth-order valence-electron chi connectivity index (χ4n) is 1.71. The van der Waals surface area contributed by atoms with Gasteiger partial charge in [-0.15, -0.1) is 0 Å². The molecule has 0 saturated carbocycles. The third-order valence-electron chi connectivity index (χ3n) is 2.72. The molecule has 0 unspecified atom stereocenters. The van der Waals surface area contributed by atoms with Crippen molar-refractivity contribution in [2.24, 2.45) is 5.92 Å². The van der Waals surface area contributed by atoms with Crippen molar-refractivity contribution in [1.29, 1.82) is 0 Å². The van der Waals surface area contributed by atoms with Crippen molar-refractivity contribution in [3.63, 3.8) is 0 Å². The highest BCUT2D eigenvalue weighted by molar-refractivity contribution is 4.66. The van der Waals surface area contributed by atoms with Crippen molar-refractivity contribution in [3.05, 3.63) is 0 Å². The molecule has 1 aliphatic rings. The molecule has 1 saturated heterocycles. The molecule has 1 heterocycles. The van der Waals surface area contributed by atoms with Crippen LogP contribution in [0.5, 0.6) is 0 Å². The molecular weight excluding hydrogens is 134 g/mol. The van der Waals surface area contributed by atoms with Crippen molar-refractivity contribution < 1.29 is 0 Å². The van der Waals surface area contributed by atoms with Gasteiger partial charge in [0.25, 0.3) is 0 Å². The van der Waals surface area contributed by atoms with Crippen LogP contribution in [0.1, 0.15) is 39.5 Å². The Morgan fingerprint density at radius 2 is 1.82 bits per heavy atom. The second-order valence-corrected chi connectivity index (χ2v) is 3.87. The Kier molecular flexibility index (Phi) is 3.92. The average Bonchev–Trinajstić information content (AvgIpc) is 2.06. The molecule has 1 rings (SSSR count). The molecule has 1 heteroatoms. The molecule has 1 fully saturated rings. The number of rotatable bonds is 3. The monoisotopic (exact) mass is 155 g/mol. The molecule has 0 amide bonds. The second kappa shape index (κ2) is 4.76. The largest absolute Gasteiger partial charge is 0.303 e. The molecule has 0 N–H and O–H groups in total. The predicted molar refractivity (Wildman–Crippen MR) is 49.7 cm³/mol. The third-order valence-corrected chi connectivity index (χ3v) is 2.72. The zero-order valence-electron chi connectivity index (χ0n) is 7.97. The molecule has 0 aromatic rings. The van der Waals surface area contributed by atoms with E-state index in [0.717, 1.165) is 5.92 Å². The van der Waals surface area contributed by atoms with E-state index in [1.807, 2.05) is 0 Å². The van der Waals surface area contributed by atoms with Crippen molar-refractivity contribution in [1.82, 2.24) is 4.90 Å². The van der Waals surface area contributed by atoms with Gasteiger partial charge in [-0.05, 0) is 31.8 Å². The molecule has 1 nitrogen and oxygen atoms in total. The molecular formula is C10H21N. The van der Waals surface area contributed by atoms with Gasteiger partial charge in [-0.1, -0.05) is 26.7 Å². The SMILES string of the molecule is CC[C@H](C)CN1CCCCC1. The first-order chi connectivity index (χ1) is 5.33. The van der Waals surface area contributed by atoms with Crippen LogP contribution >= 0.6 is 0 Å². The molecule has 0 bridgehead atoms. The topological polar surface area (TPSA) is 3.24 Å². The van der Waals surface area contributed by atoms with Crippen molar-refractivity contribution >= 4 is 0 Å². The first-order valence-corrected chi connectivity index (χ1v) is 5.05. The molecule has 0 spiro atoms. The lowest BCUT2D eigenvalue weighted by atomic mass is 10.1. The molecule has 11 heavy (non-hydrogen) atoms. The van der Waals surface area contributed by atoms with Gasteiger partial charge < -0.3 is 4.90 Å².